The topological polar surface area (TPSA) is 32.6 Å². The predicted octanol–water partition coefficient (Wildman–Crippen LogP) is 2.89. The molecule has 0 aliphatic carbocycles. The number of rotatable bonds is 1. The second-order valence-corrected chi connectivity index (χ2v) is 3.80. The van der Waals surface area contributed by atoms with Gasteiger partial charge < -0.3 is 5.21 Å². The van der Waals surface area contributed by atoms with Crippen LogP contribution in [0, 0.1) is 6.92 Å². The molecule has 64 valence electrons. The summed E-state index contributed by atoms with van der Waals surface area (Å²) >= 11 is 1.45. The standard InChI is InChI=1S/C9H11NOS/c1-7-3-5-9(6-4-7)12-8(2)10-11/h3-6,11H,1-2H3. The van der Waals surface area contributed by atoms with Crippen LogP contribution in [-0.2, 0) is 0 Å². The zero-order valence-corrected chi connectivity index (χ0v) is 7.93. The van der Waals surface area contributed by atoms with Gasteiger partial charge in [0.1, 0.15) is 5.04 Å². The zero-order valence-electron chi connectivity index (χ0n) is 7.11. The van der Waals surface area contributed by atoms with Gasteiger partial charge in [0.05, 0.1) is 0 Å². The fraction of sp³-hybridized carbons (Fsp3) is 0.222. The average Bonchev–Trinajstić information content (AvgIpc) is 2.09. The van der Waals surface area contributed by atoms with Gasteiger partial charge in [-0.3, -0.25) is 0 Å². The van der Waals surface area contributed by atoms with E-state index in [1.165, 1.54) is 17.3 Å². The van der Waals surface area contributed by atoms with Crippen LogP contribution in [0.1, 0.15) is 12.5 Å². The number of oxime groups is 1. The lowest BCUT2D eigenvalue weighted by Crippen LogP contribution is -1.82. The molecule has 1 aromatic carbocycles. The van der Waals surface area contributed by atoms with Crippen molar-refractivity contribution >= 4 is 16.8 Å². The van der Waals surface area contributed by atoms with Crippen molar-refractivity contribution in [1.29, 1.82) is 0 Å². The first-order valence-corrected chi connectivity index (χ1v) is 4.47. The van der Waals surface area contributed by atoms with Crippen molar-refractivity contribution in [2.24, 2.45) is 5.16 Å². The minimum atomic E-state index is 0.652. The number of hydrogen-bond acceptors (Lipinski definition) is 3. The maximum Gasteiger partial charge on any atom is 0.114 e. The molecule has 0 saturated carbocycles. The van der Waals surface area contributed by atoms with Crippen molar-refractivity contribution in [3.63, 3.8) is 0 Å². The van der Waals surface area contributed by atoms with Crippen molar-refractivity contribution in [2.45, 2.75) is 18.7 Å². The Kier molecular flexibility index (Phi) is 3.17. The van der Waals surface area contributed by atoms with E-state index in [4.69, 9.17) is 5.21 Å². The van der Waals surface area contributed by atoms with E-state index in [-0.39, 0.29) is 0 Å². The monoisotopic (exact) mass is 181 g/mol. The molecule has 0 aliphatic rings. The molecule has 12 heavy (non-hydrogen) atoms. The molecule has 0 heterocycles. The number of aryl methyl sites for hydroxylation is 1. The average molecular weight is 181 g/mol. The highest BCUT2D eigenvalue weighted by Gasteiger charge is 1.95. The van der Waals surface area contributed by atoms with Crippen LogP contribution in [0.3, 0.4) is 0 Å². The molecule has 0 atom stereocenters. The molecule has 0 radical (unpaired) electrons. The lowest BCUT2D eigenvalue weighted by Gasteiger charge is -1.98. The Morgan fingerprint density at radius 1 is 1.33 bits per heavy atom. The van der Waals surface area contributed by atoms with Gasteiger partial charge in [-0.1, -0.05) is 34.6 Å². The third kappa shape index (κ3) is 2.58. The summed E-state index contributed by atoms with van der Waals surface area (Å²) in [5.74, 6) is 0. The van der Waals surface area contributed by atoms with Crippen LogP contribution in [0.15, 0.2) is 34.3 Å². The molecule has 1 aromatic rings. The zero-order chi connectivity index (χ0) is 8.97. The first kappa shape index (κ1) is 9.13. The molecular weight excluding hydrogens is 170 g/mol. The number of nitrogens with zero attached hydrogens (tertiary/aromatic N) is 1. The Labute approximate surface area is 76.3 Å². The molecule has 0 bridgehead atoms. The fourth-order valence-corrected chi connectivity index (χ4v) is 1.45. The molecule has 1 N–H and O–H groups in total. The van der Waals surface area contributed by atoms with Crippen LogP contribution in [0.4, 0.5) is 0 Å². The number of thioether (sulfide) groups is 1. The van der Waals surface area contributed by atoms with Crippen LogP contribution in [0.2, 0.25) is 0 Å². The van der Waals surface area contributed by atoms with Crippen molar-refractivity contribution in [1.82, 2.24) is 0 Å². The van der Waals surface area contributed by atoms with Gasteiger partial charge in [-0.15, -0.1) is 0 Å². The van der Waals surface area contributed by atoms with Crippen molar-refractivity contribution in [2.75, 3.05) is 0 Å². The minimum Gasteiger partial charge on any atom is -0.410 e. The molecule has 0 fully saturated rings. The summed E-state index contributed by atoms with van der Waals surface area (Å²) in [5, 5.41) is 12.2. The van der Waals surface area contributed by atoms with Gasteiger partial charge in [0, 0.05) is 4.90 Å². The van der Waals surface area contributed by atoms with Gasteiger partial charge >= 0.3 is 0 Å². The maximum absolute atomic E-state index is 8.42. The fourth-order valence-electron chi connectivity index (χ4n) is 0.797. The van der Waals surface area contributed by atoms with Crippen molar-refractivity contribution in [3.05, 3.63) is 29.8 Å². The first-order valence-electron chi connectivity index (χ1n) is 3.65. The molecule has 0 aliphatic heterocycles. The predicted molar refractivity (Wildman–Crippen MR) is 51.9 cm³/mol. The van der Waals surface area contributed by atoms with Crippen LogP contribution in [0.5, 0.6) is 0 Å². The minimum absolute atomic E-state index is 0.652. The molecule has 2 nitrogen and oxygen atoms in total. The quantitative estimate of drug-likeness (QED) is 0.237. The molecule has 3 heteroatoms. The van der Waals surface area contributed by atoms with Crippen molar-refractivity contribution < 1.29 is 5.21 Å². The molecule has 0 aromatic heterocycles. The molecule has 1 rings (SSSR count). The van der Waals surface area contributed by atoms with Gasteiger partial charge in [-0.25, -0.2) is 0 Å². The highest BCUT2D eigenvalue weighted by atomic mass is 32.2. The third-order valence-electron chi connectivity index (χ3n) is 1.43. The van der Waals surface area contributed by atoms with Crippen LogP contribution in [-0.4, -0.2) is 10.3 Å². The van der Waals surface area contributed by atoms with Crippen molar-refractivity contribution in [3.8, 4) is 0 Å². The maximum atomic E-state index is 8.42. The Balaban J connectivity index is 2.71. The smallest absolute Gasteiger partial charge is 0.114 e. The summed E-state index contributed by atoms with van der Waals surface area (Å²) in [7, 11) is 0. The van der Waals surface area contributed by atoms with E-state index in [0.29, 0.717) is 5.04 Å². The Hall–Kier alpha value is -0.960. The van der Waals surface area contributed by atoms with E-state index >= 15 is 0 Å². The molecule has 0 spiro atoms. The van der Waals surface area contributed by atoms with E-state index in [1.807, 2.05) is 31.2 Å². The van der Waals surface area contributed by atoms with Gasteiger partial charge in [0.25, 0.3) is 0 Å². The summed E-state index contributed by atoms with van der Waals surface area (Å²) < 4.78 is 0. The van der Waals surface area contributed by atoms with E-state index in [1.54, 1.807) is 6.92 Å². The summed E-state index contributed by atoms with van der Waals surface area (Å²) in [6, 6.07) is 8.09. The molecule has 0 amide bonds. The Morgan fingerprint density at radius 3 is 2.42 bits per heavy atom. The summed E-state index contributed by atoms with van der Waals surface area (Å²) in [6.45, 7) is 3.81. The SMILES string of the molecule is CC(=NO)Sc1ccc(C)cc1. The van der Waals surface area contributed by atoms with Gasteiger partial charge in [-0.05, 0) is 26.0 Å². The van der Waals surface area contributed by atoms with Crippen LogP contribution in [0.25, 0.3) is 0 Å². The molecule has 0 saturated heterocycles. The lowest BCUT2D eigenvalue weighted by molar-refractivity contribution is 0.320. The second kappa shape index (κ2) is 4.16. The van der Waals surface area contributed by atoms with E-state index in [9.17, 15) is 0 Å². The summed E-state index contributed by atoms with van der Waals surface area (Å²) in [6.07, 6.45) is 0. The number of hydrogen-bond donors (Lipinski definition) is 1. The van der Waals surface area contributed by atoms with Gasteiger partial charge in [-0.2, -0.15) is 0 Å². The normalized spacial score (nSPS) is 11.7. The van der Waals surface area contributed by atoms with E-state index in [0.717, 1.165) is 4.90 Å². The highest BCUT2D eigenvalue weighted by molar-refractivity contribution is 8.13. The van der Waals surface area contributed by atoms with Gasteiger partial charge in [0.2, 0.25) is 0 Å². The van der Waals surface area contributed by atoms with Gasteiger partial charge in [0.15, 0.2) is 0 Å². The van der Waals surface area contributed by atoms with E-state index < -0.39 is 0 Å². The van der Waals surface area contributed by atoms with Crippen LogP contribution >= 0.6 is 11.8 Å². The Bertz CT molecular complexity index is 279. The number of benzene rings is 1. The van der Waals surface area contributed by atoms with Crippen LogP contribution < -0.4 is 0 Å². The summed E-state index contributed by atoms with van der Waals surface area (Å²) in [5.41, 5.74) is 1.23. The second-order valence-electron chi connectivity index (χ2n) is 2.53. The largest absolute Gasteiger partial charge is 0.410 e. The molecule has 0 unspecified atom stereocenters. The summed E-state index contributed by atoms with van der Waals surface area (Å²) in [4.78, 5) is 1.09. The Morgan fingerprint density at radius 2 is 1.92 bits per heavy atom. The highest BCUT2D eigenvalue weighted by Crippen LogP contribution is 2.19. The lowest BCUT2D eigenvalue weighted by atomic mass is 10.2. The first-order chi connectivity index (χ1) is 5.72. The third-order valence-corrected chi connectivity index (χ3v) is 2.31. The van der Waals surface area contributed by atoms with E-state index in [2.05, 4.69) is 5.16 Å². The molecular formula is C9H11NOS.